The summed E-state index contributed by atoms with van der Waals surface area (Å²) in [6.07, 6.45) is 0. The van der Waals surface area contributed by atoms with E-state index in [2.05, 4.69) is 14.9 Å². The van der Waals surface area contributed by atoms with Crippen molar-refractivity contribution in [3.8, 4) is 5.75 Å². The van der Waals surface area contributed by atoms with Gasteiger partial charge in [-0.2, -0.15) is 0 Å². The molecule has 1 aliphatic rings. The summed E-state index contributed by atoms with van der Waals surface area (Å²) in [6, 6.07) is 7.55. The molecule has 1 amide bonds. The summed E-state index contributed by atoms with van der Waals surface area (Å²) in [5, 5.41) is 18.1. The summed E-state index contributed by atoms with van der Waals surface area (Å²) < 4.78 is 15.8. The molecule has 1 aromatic heterocycles. The van der Waals surface area contributed by atoms with Crippen molar-refractivity contribution in [3.63, 3.8) is 0 Å². The van der Waals surface area contributed by atoms with Crippen LogP contribution in [-0.2, 0) is 4.74 Å². The van der Waals surface area contributed by atoms with E-state index in [0.717, 1.165) is 5.56 Å². The van der Waals surface area contributed by atoms with Gasteiger partial charge in [0.2, 0.25) is 0 Å². The predicted molar refractivity (Wildman–Crippen MR) is 87.4 cm³/mol. The standard InChI is InChI=1S/C17H21N3O5/c1-12-4-3-5-14(8-12)24-11-17(22)9-20(6-7-23-10-17)16(21)15-13(2)18-25-19-15/h3-5,8,22H,6-7,9-11H2,1-2H3/t17-/m1/s1. The fraction of sp³-hybridized carbons (Fsp3) is 0.471. The van der Waals surface area contributed by atoms with E-state index in [-0.39, 0.29) is 31.4 Å². The number of aryl methyl sites for hydroxylation is 2. The lowest BCUT2D eigenvalue weighted by atomic mass is 10.1. The van der Waals surface area contributed by atoms with Gasteiger partial charge in [0, 0.05) is 6.54 Å². The first-order chi connectivity index (χ1) is 12.0. The van der Waals surface area contributed by atoms with Crippen molar-refractivity contribution in [2.24, 2.45) is 0 Å². The van der Waals surface area contributed by atoms with E-state index < -0.39 is 5.60 Å². The van der Waals surface area contributed by atoms with E-state index in [1.54, 1.807) is 6.92 Å². The molecule has 0 saturated carbocycles. The van der Waals surface area contributed by atoms with Crippen LogP contribution in [-0.4, -0.2) is 64.7 Å². The first-order valence-electron chi connectivity index (χ1n) is 8.05. The third kappa shape index (κ3) is 4.15. The van der Waals surface area contributed by atoms with E-state index >= 15 is 0 Å². The molecule has 0 aliphatic carbocycles. The molecule has 1 fully saturated rings. The molecule has 1 N–H and O–H groups in total. The minimum Gasteiger partial charge on any atom is -0.490 e. The minimum absolute atomic E-state index is 0.0102. The van der Waals surface area contributed by atoms with Gasteiger partial charge in [0.15, 0.2) is 5.69 Å². The normalized spacial score (nSPS) is 21.0. The Labute approximate surface area is 145 Å². The Hall–Kier alpha value is -2.45. The van der Waals surface area contributed by atoms with E-state index in [9.17, 15) is 9.90 Å². The SMILES string of the molecule is Cc1cccc(OC[C@]2(O)COCCN(C(=O)c3nonc3C)C2)c1. The molecule has 0 unspecified atom stereocenters. The molecule has 3 rings (SSSR count). The molecule has 134 valence electrons. The number of carbonyl (C=O) groups is 1. The van der Waals surface area contributed by atoms with E-state index in [0.29, 0.717) is 24.6 Å². The van der Waals surface area contributed by atoms with Crippen LogP contribution in [0.4, 0.5) is 0 Å². The van der Waals surface area contributed by atoms with Crippen LogP contribution in [0.2, 0.25) is 0 Å². The summed E-state index contributed by atoms with van der Waals surface area (Å²) in [6.45, 7) is 4.44. The number of aromatic nitrogens is 2. The molecule has 8 nitrogen and oxygen atoms in total. The van der Waals surface area contributed by atoms with Gasteiger partial charge in [-0.3, -0.25) is 4.79 Å². The maximum Gasteiger partial charge on any atom is 0.278 e. The van der Waals surface area contributed by atoms with Crippen molar-refractivity contribution in [1.29, 1.82) is 0 Å². The maximum atomic E-state index is 12.6. The van der Waals surface area contributed by atoms with Crippen LogP contribution in [0.5, 0.6) is 5.75 Å². The van der Waals surface area contributed by atoms with Crippen LogP contribution in [0.3, 0.4) is 0 Å². The number of amides is 1. The van der Waals surface area contributed by atoms with E-state index in [4.69, 9.17) is 9.47 Å². The molecular formula is C17H21N3O5. The van der Waals surface area contributed by atoms with Gasteiger partial charge in [-0.15, -0.1) is 0 Å². The highest BCUT2D eigenvalue weighted by Gasteiger charge is 2.36. The highest BCUT2D eigenvalue weighted by molar-refractivity contribution is 5.93. The van der Waals surface area contributed by atoms with Gasteiger partial charge < -0.3 is 19.5 Å². The Morgan fingerprint density at radius 3 is 2.96 bits per heavy atom. The summed E-state index contributed by atoms with van der Waals surface area (Å²) >= 11 is 0. The monoisotopic (exact) mass is 347 g/mol. The van der Waals surface area contributed by atoms with Crippen molar-refractivity contribution in [1.82, 2.24) is 15.2 Å². The Bertz CT molecular complexity index is 747. The van der Waals surface area contributed by atoms with Gasteiger partial charge >= 0.3 is 0 Å². The number of benzene rings is 1. The Kier molecular flexibility index (Phi) is 5.00. The molecular weight excluding hydrogens is 326 g/mol. The number of ether oxygens (including phenoxy) is 2. The number of rotatable bonds is 4. The van der Waals surface area contributed by atoms with Crippen molar-refractivity contribution in [3.05, 3.63) is 41.2 Å². The first-order valence-corrected chi connectivity index (χ1v) is 8.05. The van der Waals surface area contributed by atoms with E-state index in [1.165, 1.54) is 4.90 Å². The zero-order valence-electron chi connectivity index (χ0n) is 14.3. The Balaban J connectivity index is 1.70. The van der Waals surface area contributed by atoms with Crippen LogP contribution in [0.15, 0.2) is 28.9 Å². The lowest BCUT2D eigenvalue weighted by Gasteiger charge is -2.30. The Morgan fingerprint density at radius 1 is 1.40 bits per heavy atom. The fourth-order valence-electron chi connectivity index (χ4n) is 2.68. The topological polar surface area (TPSA) is 97.9 Å². The molecule has 1 aromatic carbocycles. The fourth-order valence-corrected chi connectivity index (χ4v) is 2.68. The molecule has 2 heterocycles. The van der Waals surface area contributed by atoms with Crippen LogP contribution >= 0.6 is 0 Å². The Morgan fingerprint density at radius 2 is 2.24 bits per heavy atom. The average molecular weight is 347 g/mol. The number of aliphatic hydroxyl groups is 1. The molecule has 1 atom stereocenters. The number of β-amino-alcohol motifs (C(OH)–C–C–N with tert-alkyl or cyclic N) is 1. The third-order valence-corrected chi connectivity index (χ3v) is 4.00. The summed E-state index contributed by atoms with van der Waals surface area (Å²) in [4.78, 5) is 14.1. The maximum absolute atomic E-state index is 12.6. The second-order valence-corrected chi connectivity index (χ2v) is 6.31. The van der Waals surface area contributed by atoms with Gasteiger partial charge in [-0.1, -0.05) is 17.3 Å². The van der Waals surface area contributed by atoms with Crippen molar-refractivity contribution in [2.45, 2.75) is 19.4 Å². The van der Waals surface area contributed by atoms with Crippen molar-refractivity contribution in [2.75, 3.05) is 32.9 Å². The molecule has 25 heavy (non-hydrogen) atoms. The smallest absolute Gasteiger partial charge is 0.278 e. The largest absolute Gasteiger partial charge is 0.490 e. The number of nitrogens with zero attached hydrogens (tertiary/aromatic N) is 3. The summed E-state index contributed by atoms with van der Waals surface area (Å²) in [7, 11) is 0. The average Bonchev–Trinajstić information content (AvgIpc) is 2.91. The van der Waals surface area contributed by atoms with Crippen LogP contribution in [0.1, 0.15) is 21.7 Å². The minimum atomic E-state index is -1.32. The van der Waals surface area contributed by atoms with Crippen LogP contribution in [0, 0.1) is 13.8 Å². The third-order valence-electron chi connectivity index (χ3n) is 4.00. The molecule has 0 bridgehead atoms. The van der Waals surface area contributed by atoms with Gasteiger partial charge in [0.05, 0.1) is 19.8 Å². The van der Waals surface area contributed by atoms with Crippen molar-refractivity contribution >= 4 is 5.91 Å². The van der Waals surface area contributed by atoms with E-state index in [1.807, 2.05) is 31.2 Å². The number of carbonyl (C=O) groups excluding carboxylic acids is 1. The lowest BCUT2D eigenvalue weighted by Crippen LogP contribution is -2.50. The molecule has 0 radical (unpaired) electrons. The second kappa shape index (κ2) is 7.20. The van der Waals surface area contributed by atoms with Gasteiger partial charge in [0.25, 0.3) is 5.91 Å². The number of hydrogen-bond donors (Lipinski definition) is 1. The molecule has 0 spiro atoms. The molecule has 8 heteroatoms. The zero-order valence-corrected chi connectivity index (χ0v) is 14.3. The lowest BCUT2D eigenvalue weighted by molar-refractivity contribution is -0.0621. The predicted octanol–water partition coefficient (Wildman–Crippen LogP) is 0.969. The number of hydrogen-bond acceptors (Lipinski definition) is 7. The van der Waals surface area contributed by atoms with Crippen LogP contribution in [0.25, 0.3) is 0 Å². The summed E-state index contributed by atoms with van der Waals surface area (Å²) in [5.74, 6) is 0.310. The van der Waals surface area contributed by atoms with Gasteiger partial charge in [-0.05, 0) is 36.7 Å². The van der Waals surface area contributed by atoms with Gasteiger partial charge in [-0.25, -0.2) is 4.63 Å². The highest BCUT2D eigenvalue weighted by atomic mass is 16.6. The van der Waals surface area contributed by atoms with Gasteiger partial charge in [0.1, 0.15) is 23.7 Å². The van der Waals surface area contributed by atoms with Crippen LogP contribution < -0.4 is 4.74 Å². The quantitative estimate of drug-likeness (QED) is 0.880. The zero-order chi connectivity index (χ0) is 17.9. The first kappa shape index (κ1) is 17.4. The molecule has 2 aromatic rings. The second-order valence-electron chi connectivity index (χ2n) is 6.31. The summed E-state index contributed by atoms with van der Waals surface area (Å²) in [5.41, 5.74) is 0.298. The molecule has 1 aliphatic heterocycles. The van der Waals surface area contributed by atoms with Crippen molar-refractivity contribution < 1.29 is 24.0 Å². The highest BCUT2D eigenvalue weighted by Crippen LogP contribution is 2.19. The molecule has 1 saturated heterocycles.